The summed E-state index contributed by atoms with van der Waals surface area (Å²) in [4.78, 5) is 4.03. The number of hydrogen-bond donors (Lipinski definition) is 1. The summed E-state index contributed by atoms with van der Waals surface area (Å²) in [6, 6.07) is 13.7. The summed E-state index contributed by atoms with van der Waals surface area (Å²) < 4.78 is 3.93. The highest BCUT2D eigenvalue weighted by atomic mass is 32.1. The van der Waals surface area contributed by atoms with Gasteiger partial charge in [-0.25, -0.2) is 9.78 Å². The first-order valence-electron chi connectivity index (χ1n) is 8.39. The van der Waals surface area contributed by atoms with E-state index in [4.69, 9.17) is 12.2 Å². The van der Waals surface area contributed by atoms with E-state index in [1.165, 1.54) is 0 Å². The molecule has 0 fully saturated rings. The smallest absolute Gasteiger partial charge is 0.216 e. The van der Waals surface area contributed by atoms with Crippen LogP contribution in [0.1, 0.15) is 17.0 Å². The maximum Gasteiger partial charge on any atom is 0.216 e. The summed E-state index contributed by atoms with van der Waals surface area (Å²) in [6.07, 6.45) is 5.19. The molecule has 3 aromatic heterocycles. The third-order valence-corrected chi connectivity index (χ3v) is 4.50. The van der Waals surface area contributed by atoms with Gasteiger partial charge < -0.3 is 0 Å². The molecule has 134 valence electrons. The minimum atomic E-state index is 0.420. The van der Waals surface area contributed by atoms with Crippen LogP contribution in [0.25, 0.3) is 17.1 Å². The molecule has 1 aromatic carbocycles. The number of aryl methyl sites for hydroxylation is 1. The van der Waals surface area contributed by atoms with Crippen LogP contribution in [0.5, 0.6) is 0 Å². The highest BCUT2D eigenvalue weighted by molar-refractivity contribution is 7.71. The largest absolute Gasteiger partial charge is 0.265 e. The van der Waals surface area contributed by atoms with E-state index in [0.717, 1.165) is 28.2 Å². The molecule has 0 bridgehead atoms. The van der Waals surface area contributed by atoms with E-state index in [2.05, 4.69) is 25.4 Å². The molecule has 0 atom stereocenters. The van der Waals surface area contributed by atoms with Crippen LogP contribution >= 0.6 is 12.2 Å². The van der Waals surface area contributed by atoms with Gasteiger partial charge in [0.15, 0.2) is 5.82 Å². The fourth-order valence-corrected chi connectivity index (χ4v) is 3.04. The van der Waals surface area contributed by atoms with Crippen molar-refractivity contribution in [1.29, 1.82) is 0 Å². The lowest BCUT2D eigenvalue weighted by molar-refractivity contribution is 0.833. The lowest BCUT2D eigenvalue weighted by Crippen LogP contribution is -1.99. The van der Waals surface area contributed by atoms with Crippen molar-refractivity contribution in [2.24, 2.45) is 5.10 Å². The summed E-state index contributed by atoms with van der Waals surface area (Å²) >= 11 is 5.33. The number of para-hydroxylation sites is 1. The first-order valence-corrected chi connectivity index (χ1v) is 8.80. The second-order valence-corrected chi connectivity index (χ2v) is 6.36. The molecule has 0 radical (unpaired) electrons. The standard InChI is InChI=1S/C19H17N7S/c1-13-17(14(2)25(24-13)16-6-4-3-5-7-16)12-21-26-18(22-23-19(26)27)15-8-10-20-11-9-15/h3-12H,1-2H3,(H,23,27)/b21-12-. The molecule has 4 rings (SSSR count). The van der Waals surface area contributed by atoms with Crippen molar-refractivity contribution in [2.75, 3.05) is 0 Å². The van der Waals surface area contributed by atoms with E-state index in [1.54, 1.807) is 23.3 Å². The number of pyridine rings is 1. The number of aromatic nitrogens is 6. The van der Waals surface area contributed by atoms with E-state index >= 15 is 0 Å². The predicted octanol–water partition coefficient (Wildman–Crippen LogP) is 3.69. The Bertz CT molecular complexity index is 1150. The second-order valence-electron chi connectivity index (χ2n) is 5.98. The Kier molecular flexibility index (Phi) is 4.47. The van der Waals surface area contributed by atoms with Crippen molar-refractivity contribution in [3.8, 4) is 17.1 Å². The molecule has 0 amide bonds. The van der Waals surface area contributed by atoms with Crippen molar-refractivity contribution in [3.63, 3.8) is 0 Å². The van der Waals surface area contributed by atoms with Gasteiger partial charge in [-0.3, -0.25) is 4.98 Å². The Morgan fingerprint density at radius 3 is 2.56 bits per heavy atom. The van der Waals surface area contributed by atoms with Gasteiger partial charge in [0.25, 0.3) is 0 Å². The van der Waals surface area contributed by atoms with Crippen LogP contribution in [0.15, 0.2) is 60.0 Å². The quantitative estimate of drug-likeness (QED) is 0.436. The molecule has 27 heavy (non-hydrogen) atoms. The van der Waals surface area contributed by atoms with Gasteiger partial charge in [-0.2, -0.15) is 20.0 Å². The van der Waals surface area contributed by atoms with Crippen LogP contribution in [-0.4, -0.2) is 35.9 Å². The van der Waals surface area contributed by atoms with E-state index in [9.17, 15) is 0 Å². The highest BCUT2D eigenvalue weighted by Gasteiger charge is 2.12. The van der Waals surface area contributed by atoms with E-state index < -0.39 is 0 Å². The number of H-pyrrole nitrogens is 1. The Balaban J connectivity index is 1.74. The van der Waals surface area contributed by atoms with Crippen LogP contribution in [0.4, 0.5) is 0 Å². The van der Waals surface area contributed by atoms with E-state index in [-0.39, 0.29) is 0 Å². The van der Waals surface area contributed by atoms with E-state index in [0.29, 0.717) is 10.6 Å². The lowest BCUT2D eigenvalue weighted by atomic mass is 10.2. The lowest BCUT2D eigenvalue weighted by Gasteiger charge is -2.03. The summed E-state index contributed by atoms with van der Waals surface area (Å²) in [5, 5.41) is 16.3. The van der Waals surface area contributed by atoms with Gasteiger partial charge in [-0.15, -0.1) is 0 Å². The normalized spacial score (nSPS) is 11.3. The fourth-order valence-electron chi connectivity index (χ4n) is 2.86. The first-order chi connectivity index (χ1) is 13.1. The number of rotatable bonds is 4. The van der Waals surface area contributed by atoms with E-state index in [1.807, 2.05) is 61.0 Å². The third-order valence-electron chi connectivity index (χ3n) is 4.24. The summed E-state index contributed by atoms with van der Waals surface area (Å²) in [6.45, 7) is 3.99. The Morgan fingerprint density at radius 2 is 1.81 bits per heavy atom. The van der Waals surface area contributed by atoms with Gasteiger partial charge in [0.1, 0.15) is 0 Å². The van der Waals surface area contributed by atoms with Crippen LogP contribution in [0.2, 0.25) is 0 Å². The maximum absolute atomic E-state index is 5.33. The molecular formula is C19H17N7S. The number of nitrogens with zero attached hydrogens (tertiary/aromatic N) is 6. The zero-order valence-corrected chi connectivity index (χ0v) is 15.7. The molecule has 7 nitrogen and oxygen atoms in total. The summed E-state index contributed by atoms with van der Waals surface area (Å²) in [7, 11) is 0. The van der Waals surface area contributed by atoms with Gasteiger partial charge >= 0.3 is 0 Å². The molecule has 1 N–H and O–H groups in total. The third kappa shape index (κ3) is 3.22. The molecule has 4 aromatic rings. The highest BCUT2D eigenvalue weighted by Crippen LogP contribution is 2.18. The molecular weight excluding hydrogens is 358 g/mol. The Morgan fingerprint density at radius 1 is 1.07 bits per heavy atom. The molecule has 0 aliphatic heterocycles. The van der Waals surface area contributed by atoms with Crippen LogP contribution < -0.4 is 0 Å². The molecule has 0 saturated heterocycles. The van der Waals surface area contributed by atoms with Crippen molar-refractivity contribution in [2.45, 2.75) is 13.8 Å². The topological polar surface area (TPSA) is 76.7 Å². The fraction of sp³-hybridized carbons (Fsp3) is 0.105. The predicted molar refractivity (Wildman–Crippen MR) is 107 cm³/mol. The Labute approximate surface area is 161 Å². The van der Waals surface area contributed by atoms with Crippen LogP contribution in [0.3, 0.4) is 0 Å². The van der Waals surface area contributed by atoms with Crippen LogP contribution in [-0.2, 0) is 0 Å². The average molecular weight is 375 g/mol. The Hall–Kier alpha value is -3.39. The number of hydrogen-bond acceptors (Lipinski definition) is 5. The van der Waals surface area contributed by atoms with Gasteiger partial charge in [0, 0.05) is 23.5 Å². The van der Waals surface area contributed by atoms with Crippen LogP contribution in [0, 0.1) is 18.6 Å². The molecule has 0 aliphatic carbocycles. The summed E-state index contributed by atoms with van der Waals surface area (Å²) in [5.41, 5.74) is 4.73. The van der Waals surface area contributed by atoms with Crippen molar-refractivity contribution in [3.05, 3.63) is 76.6 Å². The van der Waals surface area contributed by atoms with Gasteiger partial charge in [-0.05, 0) is 50.3 Å². The van der Waals surface area contributed by atoms with Crippen molar-refractivity contribution in [1.82, 2.24) is 29.6 Å². The molecule has 0 saturated carbocycles. The zero-order chi connectivity index (χ0) is 18.8. The molecule has 3 heterocycles. The average Bonchev–Trinajstić information content (AvgIpc) is 3.21. The SMILES string of the molecule is Cc1nn(-c2ccccc2)c(C)c1/C=N\n1c(-c2ccncc2)n[nH]c1=S. The number of benzene rings is 1. The van der Waals surface area contributed by atoms with Gasteiger partial charge in [-0.1, -0.05) is 18.2 Å². The second kappa shape index (κ2) is 7.08. The van der Waals surface area contributed by atoms with Gasteiger partial charge in [0.2, 0.25) is 4.77 Å². The molecule has 0 spiro atoms. The molecule has 0 aliphatic rings. The van der Waals surface area contributed by atoms with Crippen molar-refractivity contribution >= 4 is 18.4 Å². The number of aromatic amines is 1. The minimum absolute atomic E-state index is 0.420. The monoisotopic (exact) mass is 375 g/mol. The van der Waals surface area contributed by atoms with Crippen molar-refractivity contribution < 1.29 is 0 Å². The summed E-state index contributed by atoms with van der Waals surface area (Å²) in [5.74, 6) is 0.629. The first kappa shape index (κ1) is 17.0. The molecule has 8 heteroatoms. The number of nitrogens with one attached hydrogen (secondary N) is 1. The zero-order valence-electron chi connectivity index (χ0n) is 14.9. The maximum atomic E-state index is 5.33. The minimum Gasteiger partial charge on any atom is -0.265 e. The molecule has 0 unspecified atom stereocenters. The van der Waals surface area contributed by atoms with Gasteiger partial charge in [0.05, 0.1) is 23.3 Å².